The van der Waals surface area contributed by atoms with Crippen molar-refractivity contribution in [1.29, 1.82) is 0 Å². The van der Waals surface area contributed by atoms with Gasteiger partial charge in [-0.3, -0.25) is 0 Å². The largest absolute Gasteiger partial charge is 0.314 e. The summed E-state index contributed by atoms with van der Waals surface area (Å²) in [4.78, 5) is 0. The molecule has 74 valence electrons. The van der Waals surface area contributed by atoms with E-state index in [4.69, 9.17) is 11.6 Å². The standard InChI is InChI=1S/C10H22ClN/c1-9(2)5-4-8-12-10(3)6-7-11/h9-10,12H,4-8H2,1-3H3. The number of rotatable bonds is 7. The molecule has 0 bridgehead atoms. The first kappa shape index (κ1) is 12.2. The van der Waals surface area contributed by atoms with Crippen LogP contribution in [0.4, 0.5) is 0 Å². The molecule has 2 heteroatoms. The second kappa shape index (κ2) is 7.88. The lowest BCUT2D eigenvalue weighted by Crippen LogP contribution is -2.27. The van der Waals surface area contributed by atoms with Crippen molar-refractivity contribution in [3.63, 3.8) is 0 Å². The van der Waals surface area contributed by atoms with E-state index < -0.39 is 0 Å². The maximum atomic E-state index is 5.62. The number of hydrogen-bond donors (Lipinski definition) is 1. The molecule has 0 heterocycles. The summed E-state index contributed by atoms with van der Waals surface area (Å²) in [7, 11) is 0. The van der Waals surface area contributed by atoms with Gasteiger partial charge in [-0.1, -0.05) is 13.8 Å². The SMILES string of the molecule is CC(C)CCCNC(C)CCCl. The Bertz CT molecular complexity index is 93.8. The molecule has 0 aliphatic carbocycles. The van der Waals surface area contributed by atoms with Crippen LogP contribution in [0.25, 0.3) is 0 Å². The van der Waals surface area contributed by atoms with Crippen LogP contribution in [0.2, 0.25) is 0 Å². The molecule has 1 N–H and O–H groups in total. The lowest BCUT2D eigenvalue weighted by Gasteiger charge is -2.12. The highest BCUT2D eigenvalue weighted by atomic mass is 35.5. The fourth-order valence-corrected chi connectivity index (χ4v) is 1.45. The molecule has 0 rings (SSSR count). The molecule has 0 fully saturated rings. The normalized spacial score (nSPS) is 13.8. The van der Waals surface area contributed by atoms with Crippen molar-refractivity contribution in [2.24, 2.45) is 5.92 Å². The molecular formula is C10H22ClN. The zero-order valence-corrected chi connectivity index (χ0v) is 9.32. The van der Waals surface area contributed by atoms with Crippen LogP contribution >= 0.6 is 11.6 Å². The second-order valence-corrected chi connectivity index (χ2v) is 4.25. The van der Waals surface area contributed by atoms with E-state index in [-0.39, 0.29) is 0 Å². The van der Waals surface area contributed by atoms with E-state index in [2.05, 4.69) is 26.1 Å². The highest BCUT2D eigenvalue weighted by Gasteiger charge is 1.99. The molecule has 0 saturated heterocycles. The van der Waals surface area contributed by atoms with Crippen LogP contribution in [0.1, 0.15) is 40.0 Å². The van der Waals surface area contributed by atoms with Crippen molar-refractivity contribution < 1.29 is 0 Å². The van der Waals surface area contributed by atoms with Crippen LogP contribution in [0.15, 0.2) is 0 Å². The smallest absolute Gasteiger partial charge is 0.0238 e. The lowest BCUT2D eigenvalue weighted by molar-refractivity contribution is 0.483. The Kier molecular flexibility index (Phi) is 8.04. The Labute approximate surface area is 81.9 Å². The van der Waals surface area contributed by atoms with Gasteiger partial charge in [0.1, 0.15) is 0 Å². The summed E-state index contributed by atoms with van der Waals surface area (Å²) in [5.74, 6) is 1.59. The summed E-state index contributed by atoms with van der Waals surface area (Å²) in [5, 5.41) is 3.45. The van der Waals surface area contributed by atoms with E-state index in [0.717, 1.165) is 24.8 Å². The summed E-state index contributed by atoms with van der Waals surface area (Å²) in [6, 6.07) is 0.578. The van der Waals surface area contributed by atoms with Crippen molar-refractivity contribution in [3.8, 4) is 0 Å². The van der Waals surface area contributed by atoms with Gasteiger partial charge in [0.05, 0.1) is 0 Å². The van der Waals surface area contributed by atoms with E-state index in [1.807, 2.05) is 0 Å². The quantitative estimate of drug-likeness (QED) is 0.482. The third-order valence-electron chi connectivity index (χ3n) is 1.99. The number of halogens is 1. The van der Waals surface area contributed by atoms with Gasteiger partial charge >= 0.3 is 0 Å². The molecule has 1 atom stereocenters. The minimum Gasteiger partial charge on any atom is -0.314 e. The fourth-order valence-electron chi connectivity index (χ4n) is 1.12. The molecular weight excluding hydrogens is 170 g/mol. The predicted molar refractivity (Wildman–Crippen MR) is 56.9 cm³/mol. The minimum absolute atomic E-state index is 0.578. The molecule has 0 saturated carbocycles. The first-order chi connectivity index (χ1) is 5.66. The molecule has 1 unspecified atom stereocenters. The van der Waals surface area contributed by atoms with Gasteiger partial charge in [0.2, 0.25) is 0 Å². The third-order valence-corrected chi connectivity index (χ3v) is 2.21. The van der Waals surface area contributed by atoms with Gasteiger partial charge in [0.15, 0.2) is 0 Å². The van der Waals surface area contributed by atoms with E-state index in [1.165, 1.54) is 12.8 Å². The van der Waals surface area contributed by atoms with E-state index >= 15 is 0 Å². The molecule has 0 amide bonds. The Hall–Kier alpha value is 0.250. The monoisotopic (exact) mass is 191 g/mol. The number of hydrogen-bond acceptors (Lipinski definition) is 1. The summed E-state index contributed by atoms with van der Waals surface area (Å²) >= 11 is 5.62. The van der Waals surface area contributed by atoms with Crippen molar-refractivity contribution >= 4 is 11.6 Å². The van der Waals surface area contributed by atoms with Crippen LogP contribution in [-0.2, 0) is 0 Å². The summed E-state index contributed by atoms with van der Waals surface area (Å²) in [6.07, 6.45) is 3.67. The fraction of sp³-hybridized carbons (Fsp3) is 1.00. The summed E-state index contributed by atoms with van der Waals surface area (Å²) < 4.78 is 0. The van der Waals surface area contributed by atoms with Crippen molar-refractivity contribution in [3.05, 3.63) is 0 Å². The maximum absolute atomic E-state index is 5.62. The zero-order valence-electron chi connectivity index (χ0n) is 8.57. The second-order valence-electron chi connectivity index (χ2n) is 3.87. The van der Waals surface area contributed by atoms with Gasteiger partial charge in [0, 0.05) is 11.9 Å². The first-order valence-electron chi connectivity index (χ1n) is 4.96. The molecule has 0 aliphatic heterocycles. The lowest BCUT2D eigenvalue weighted by atomic mass is 10.1. The van der Waals surface area contributed by atoms with Gasteiger partial charge in [-0.05, 0) is 38.6 Å². The minimum atomic E-state index is 0.578. The van der Waals surface area contributed by atoms with Gasteiger partial charge in [-0.25, -0.2) is 0 Å². The molecule has 0 aliphatic rings. The highest BCUT2D eigenvalue weighted by molar-refractivity contribution is 6.17. The average Bonchev–Trinajstić information content (AvgIpc) is 1.98. The molecule has 0 aromatic heterocycles. The first-order valence-corrected chi connectivity index (χ1v) is 5.49. The Morgan fingerprint density at radius 1 is 1.17 bits per heavy atom. The van der Waals surface area contributed by atoms with Crippen molar-refractivity contribution in [2.45, 2.75) is 46.1 Å². The van der Waals surface area contributed by atoms with Gasteiger partial charge < -0.3 is 5.32 Å². The van der Waals surface area contributed by atoms with Gasteiger partial charge in [-0.2, -0.15) is 0 Å². The Morgan fingerprint density at radius 3 is 2.33 bits per heavy atom. The van der Waals surface area contributed by atoms with Gasteiger partial charge in [0.25, 0.3) is 0 Å². The van der Waals surface area contributed by atoms with Crippen LogP contribution < -0.4 is 5.32 Å². The topological polar surface area (TPSA) is 12.0 Å². The van der Waals surface area contributed by atoms with Crippen LogP contribution in [-0.4, -0.2) is 18.5 Å². The maximum Gasteiger partial charge on any atom is 0.0238 e. The Morgan fingerprint density at radius 2 is 1.83 bits per heavy atom. The summed E-state index contributed by atoms with van der Waals surface area (Å²) in [5.41, 5.74) is 0. The molecule has 0 spiro atoms. The van der Waals surface area contributed by atoms with E-state index in [1.54, 1.807) is 0 Å². The Balaban J connectivity index is 3.08. The van der Waals surface area contributed by atoms with E-state index in [9.17, 15) is 0 Å². The molecule has 0 aromatic rings. The average molecular weight is 192 g/mol. The molecule has 0 aromatic carbocycles. The van der Waals surface area contributed by atoms with Crippen LogP contribution in [0.3, 0.4) is 0 Å². The number of nitrogens with one attached hydrogen (secondary N) is 1. The van der Waals surface area contributed by atoms with Crippen LogP contribution in [0.5, 0.6) is 0 Å². The third kappa shape index (κ3) is 8.35. The van der Waals surface area contributed by atoms with Crippen molar-refractivity contribution in [1.82, 2.24) is 5.32 Å². The molecule has 0 radical (unpaired) electrons. The molecule has 12 heavy (non-hydrogen) atoms. The van der Waals surface area contributed by atoms with Crippen molar-refractivity contribution in [2.75, 3.05) is 12.4 Å². The van der Waals surface area contributed by atoms with Gasteiger partial charge in [-0.15, -0.1) is 11.6 Å². The van der Waals surface area contributed by atoms with E-state index in [0.29, 0.717) is 6.04 Å². The number of alkyl halides is 1. The summed E-state index contributed by atoms with van der Waals surface area (Å²) in [6.45, 7) is 7.86. The predicted octanol–water partition coefficient (Wildman–Crippen LogP) is 3.03. The molecule has 1 nitrogen and oxygen atoms in total. The zero-order chi connectivity index (χ0) is 9.40. The van der Waals surface area contributed by atoms with Crippen LogP contribution in [0, 0.1) is 5.92 Å². The highest BCUT2D eigenvalue weighted by Crippen LogP contribution is 2.02.